The zero-order chi connectivity index (χ0) is 11.0. The van der Waals surface area contributed by atoms with Gasteiger partial charge in [0, 0.05) is 9.13 Å². The normalized spacial score (nSPS) is 15.1. The number of halogens is 1. The number of hydrogen-bond donors (Lipinski definition) is 1. The first-order chi connectivity index (χ1) is 7.15. The molecule has 0 aromatic heterocycles. The van der Waals surface area contributed by atoms with E-state index in [1.807, 2.05) is 6.07 Å². The average molecular weight is 317 g/mol. The van der Waals surface area contributed by atoms with Crippen LogP contribution in [0.15, 0.2) is 12.1 Å². The first-order valence-electron chi connectivity index (χ1n) is 4.81. The molecule has 0 saturated heterocycles. The van der Waals surface area contributed by atoms with Gasteiger partial charge in [0.1, 0.15) is 5.75 Å². The molecule has 1 saturated carbocycles. The summed E-state index contributed by atoms with van der Waals surface area (Å²) in [4.78, 5) is 11.2. The second-order valence-electron chi connectivity index (χ2n) is 3.68. The minimum absolute atomic E-state index is 0.426. The van der Waals surface area contributed by atoms with Crippen molar-refractivity contribution < 1.29 is 9.53 Å². The molecule has 0 unspecified atom stereocenters. The standard InChI is InChI=1S/C11H12INO2/c1-15-10-7(11(13)14)4-5-8(12)9(10)6-2-3-6/h4-6H,2-3H2,1H3,(H2,13,14). The molecular formula is C11H12INO2. The molecule has 2 N–H and O–H groups in total. The molecule has 0 bridgehead atoms. The van der Waals surface area contributed by atoms with Gasteiger partial charge in [-0.3, -0.25) is 4.79 Å². The average Bonchev–Trinajstić information content (AvgIpc) is 3.00. The van der Waals surface area contributed by atoms with E-state index in [-0.39, 0.29) is 0 Å². The molecule has 1 aromatic rings. The zero-order valence-electron chi connectivity index (χ0n) is 8.42. The van der Waals surface area contributed by atoms with Gasteiger partial charge in [0.05, 0.1) is 12.7 Å². The lowest BCUT2D eigenvalue weighted by atomic mass is 10.0. The summed E-state index contributed by atoms with van der Waals surface area (Å²) in [5.74, 6) is 0.785. The molecule has 0 heterocycles. The van der Waals surface area contributed by atoms with Crippen LogP contribution in [-0.2, 0) is 0 Å². The lowest BCUT2D eigenvalue weighted by Crippen LogP contribution is -2.13. The molecule has 1 fully saturated rings. The van der Waals surface area contributed by atoms with Crippen LogP contribution in [-0.4, -0.2) is 13.0 Å². The van der Waals surface area contributed by atoms with Gasteiger partial charge in [-0.25, -0.2) is 0 Å². The van der Waals surface area contributed by atoms with E-state index in [4.69, 9.17) is 10.5 Å². The highest BCUT2D eigenvalue weighted by Crippen LogP contribution is 2.47. The summed E-state index contributed by atoms with van der Waals surface area (Å²) in [5, 5.41) is 0. The fourth-order valence-corrected chi connectivity index (χ4v) is 2.61. The Labute approximate surface area is 102 Å². The largest absolute Gasteiger partial charge is 0.496 e. The van der Waals surface area contributed by atoms with E-state index in [9.17, 15) is 4.79 Å². The predicted molar refractivity (Wildman–Crippen MR) is 66.2 cm³/mol. The Morgan fingerprint density at radius 3 is 2.67 bits per heavy atom. The first-order valence-corrected chi connectivity index (χ1v) is 5.89. The highest BCUT2D eigenvalue weighted by molar-refractivity contribution is 14.1. The van der Waals surface area contributed by atoms with Gasteiger partial charge in [-0.05, 0) is 53.5 Å². The van der Waals surface area contributed by atoms with Gasteiger partial charge in [0.25, 0.3) is 5.91 Å². The van der Waals surface area contributed by atoms with Crippen molar-refractivity contribution in [3.8, 4) is 5.75 Å². The van der Waals surface area contributed by atoms with Crippen LogP contribution in [0.4, 0.5) is 0 Å². The summed E-state index contributed by atoms with van der Waals surface area (Å²) in [6.07, 6.45) is 2.35. The summed E-state index contributed by atoms with van der Waals surface area (Å²) < 4.78 is 6.46. The van der Waals surface area contributed by atoms with Gasteiger partial charge >= 0.3 is 0 Å². The van der Waals surface area contributed by atoms with Crippen molar-refractivity contribution in [1.82, 2.24) is 0 Å². The van der Waals surface area contributed by atoms with Crippen molar-refractivity contribution in [3.63, 3.8) is 0 Å². The minimum atomic E-state index is -0.426. The number of hydrogen-bond acceptors (Lipinski definition) is 2. The van der Waals surface area contributed by atoms with Crippen LogP contribution >= 0.6 is 22.6 Å². The fraction of sp³-hybridized carbons (Fsp3) is 0.364. The fourth-order valence-electron chi connectivity index (χ4n) is 1.74. The molecule has 1 aliphatic rings. The molecule has 1 aliphatic carbocycles. The van der Waals surface area contributed by atoms with Crippen molar-refractivity contribution >= 4 is 28.5 Å². The molecule has 3 nitrogen and oxygen atoms in total. The second kappa shape index (κ2) is 4.00. The molecule has 0 spiro atoms. The zero-order valence-corrected chi connectivity index (χ0v) is 10.6. The van der Waals surface area contributed by atoms with E-state index >= 15 is 0 Å². The smallest absolute Gasteiger partial charge is 0.252 e. The number of methoxy groups -OCH3 is 1. The molecule has 2 rings (SSSR count). The number of rotatable bonds is 3. The highest BCUT2D eigenvalue weighted by atomic mass is 127. The summed E-state index contributed by atoms with van der Waals surface area (Å²) >= 11 is 2.27. The Bertz CT molecular complexity index is 413. The topological polar surface area (TPSA) is 52.3 Å². The van der Waals surface area contributed by atoms with Crippen molar-refractivity contribution in [2.75, 3.05) is 7.11 Å². The predicted octanol–water partition coefficient (Wildman–Crippen LogP) is 2.28. The quantitative estimate of drug-likeness (QED) is 0.870. The molecule has 0 atom stereocenters. The van der Waals surface area contributed by atoms with E-state index in [2.05, 4.69) is 22.6 Å². The van der Waals surface area contributed by atoms with Gasteiger partial charge in [0.15, 0.2) is 0 Å². The molecular weight excluding hydrogens is 305 g/mol. The molecule has 0 radical (unpaired) electrons. The van der Waals surface area contributed by atoms with Crippen LogP contribution in [0.2, 0.25) is 0 Å². The Balaban J connectivity index is 2.58. The number of carbonyl (C=O) groups excluding carboxylic acids is 1. The summed E-state index contributed by atoms with van der Waals surface area (Å²) in [5.41, 5.74) is 6.94. The number of nitrogens with two attached hydrogens (primary N) is 1. The number of benzene rings is 1. The monoisotopic (exact) mass is 317 g/mol. The van der Waals surface area contributed by atoms with Gasteiger partial charge in [0.2, 0.25) is 0 Å². The summed E-state index contributed by atoms with van der Waals surface area (Å²) in [7, 11) is 1.59. The molecule has 15 heavy (non-hydrogen) atoms. The van der Waals surface area contributed by atoms with Crippen molar-refractivity contribution in [2.24, 2.45) is 5.73 Å². The lowest BCUT2D eigenvalue weighted by Gasteiger charge is -2.12. The van der Waals surface area contributed by atoms with Crippen molar-refractivity contribution in [1.29, 1.82) is 0 Å². The molecule has 0 aliphatic heterocycles. The van der Waals surface area contributed by atoms with Crippen LogP contribution in [0.5, 0.6) is 5.75 Å². The summed E-state index contributed by atoms with van der Waals surface area (Å²) in [6.45, 7) is 0. The number of amides is 1. The Morgan fingerprint density at radius 2 is 2.20 bits per heavy atom. The van der Waals surface area contributed by atoms with Crippen molar-refractivity contribution in [3.05, 3.63) is 26.8 Å². The SMILES string of the molecule is COc1c(C(N)=O)ccc(I)c1C1CC1. The van der Waals surface area contributed by atoms with Gasteiger partial charge in [-0.2, -0.15) is 0 Å². The van der Waals surface area contributed by atoms with E-state index in [0.29, 0.717) is 17.2 Å². The maximum Gasteiger partial charge on any atom is 0.252 e. The van der Waals surface area contributed by atoms with Crippen LogP contribution in [0.25, 0.3) is 0 Å². The Kier molecular flexibility index (Phi) is 2.86. The Morgan fingerprint density at radius 1 is 1.53 bits per heavy atom. The van der Waals surface area contributed by atoms with Gasteiger partial charge in [-0.15, -0.1) is 0 Å². The summed E-state index contributed by atoms with van der Waals surface area (Å²) in [6, 6.07) is 3.66. The van der Waals surface area contributed by atoms with Gasteiger partial charge < -0.3 is 10.5 Å². The first kappa shape index (κ1) is 10.7. The third-order valence-electron chi connectivity index (χ3n) is 2.60. The number of primary amides is 1. The maximum absolute atomic E-state index is 11.2. The Hall–Kier alpha value is -0.780. The van der Waals surface area contributed by atoms with E-state index in [0.717, 1.165) is 9.13 Å². The molecule has 1 aromatic carbocycles. The lowest BCUT2D eigenvalue weighted by molar-refractivity contribution is 0.0997. The molecule has 80 valence electrons. The third-order valence-corrected chi connectivity index (χ3v) is 3.54. The second-order valence-corrected chi connectivity index (χ2v) is 4.84. The van der Waals surface area contributed by atoms with E-state index in [1.165, 1.54) is 12.8 Å². The van der Waals surface area contributed by atoms with Gasteiger partial charge in [-0.1, -0.05) is 0 Å². The van der Waals surface area contributed by atoms with Crippen LogP contribution in [0, 0.1) is 3.57 Å². The minimum Gasteiger partial charge on any atom is -0.496 e. The molecule has 4 heteroatoms. The number of carbonyl (C=O) groups is 1. The highest BCUT2D eigenvalue weighted by Gasteiger charge is 2.30. The van der Waals surface area contributed by atoms with Crippen LogP contribution in [0.1, 0.15) is 34.7 Å². The van der Waals surface area contributed by atoms with E-state index < -0.39 is 5.91 Å². The van der Waals surface area contributed by atoms with Crippen molar-refractivity contribution in [2.45, 2.75) is 18.8 Å². The van der Waals surface area contributed by atoms with Crippen LogP contribution in [0.3, 0.4) is 0 Å². The third kappa shape index (κ3) is 1.95. The van der Waals surface area contributed by atoms with Crippen LogP contribution < -0.4 is 10.5 Å². The molecule has 1 amide bonds. The maximum atomic E-state index is 11.2. The van der Waals surface area contributed by atoms with E-state index in [1.54, 1.807) is 13.2 Å². The number of ether oxygens (including phenoxy) is 1.